The molecule has 0 aromatic carbocycles. The van der Waals surface area contributed by atoms with Crippen LogP contribution in [-0.2, 0) is 19.5 Å². The molecular weight excluding hydrogens is 418 g/mol. The summed E-state index contributed by atoms with van der Waals surface area (Å²) in [5.41, 5.74) is 4.88. The maximum absolute atomic E-state index is 12.5. The Kier molecular flexibility index (Phi) is 5.34. The Balaban J connectivity index is 1.45. The van der Waals surface area contributed by atoms with Crippen LogP contribution in [0.3, 0.4) is 0 Å². The number of hydrogen-bond acceptors (Lipinski definition) is 5. The van der Waals surface area contributed by atoms with Crippen LogP contribution in [0.25, 0.3) is 0 Å². The summed E-state index contributed by atoms with van der Waals surface area (Å²) >= 11 is 3.39. The lowest BCUT2D eigenvalue weighted by Crippen LogP contribution is -2.32. The van der Waals surface area contributed by atoms with E-state index in [1.165, 1.54) is 5.56 Å². The van der Waals surface area contributed by atoms with Crippen LogP contribution in [0.1, 0.15) is 32.7 Å². The average molecular weight is 438 g/mol. The first-order valence-corrected chi connectivity index (χ1v) is 9.91. The van der Waals surface area contributed by atoms with Crippen molar-refractivity contribution in [3.63, 3.8) is 0 Å². The number of pyridine rings is 3. The monoisotopic (exact) mass is 437 g/mol. The van der Waals surface area contributed by atoms with Crippen LogP contribution in [0.2, 0.25) is 0 Å². The van der Waals surface area contributed by atoms with Crippen molar-refractivity contribution in [3.8, 4) is 0 Å². The van der Waals surface area contributed by atoms with Gasteiger partial charge in [0.15, 0.2) is 0 Å². The molecule has 4 heterocycles. The first kappa shape index (κ1) is 18.6. The number of nitrogens with one attached hydrogen (secondary N) is 1. The molecule has 0 saturated carbocycles. The number of aryl methyl sites for hydroxylation is 1. The van der Waals surface area contributed by atoms with Gasteiger partial charge in [-0.1, -0.05) is 6.07 Å². The van der Waals surface area contributed by atoms with Gasteiger partial charge in [0.05, 0.1) is 5.56 Å². The first-order chi connectivity index (χ1) is 13.6. The lowest BCUT2D eigenvalue weighted by molar-refractivity contribution is 0.0950. The molecule has 1 amide bonds. The number of aromatic nitrogens is 3. The van der Waals surface area contributed by atoms with Crippen LogP contribution < -0.4 is 10.2 Å². The molecule has 0 bridgehead atoms. The van der Waals surface area contributed by atoms with E-state index >= 15 is 0 Å². The van der Waals surface area contributed by atoms with Crippen molar-refractivity contribution in [2.45, 2.75) is 26.4 Å². The topological polar surface area (TPSA) is 71.0 Å². The Morgan fingerprint density at radius 1 is 1.25 bits per heavy atom. The Morgan fingerprint density at radius 3 is 2.96 bits per heavy atom. The van der Waals surface area contributed by atoms with Gasteiger partial charge in [-0.25, -0.2) is 4.98 Å². The Bertz CT molecular complexity index is 1020. The third kappa shape index (κ3) is 4.04. The molecule has 0 spiro atoms. The van der Waals surface area contributed by atoms with E-state index in [4.69, 9.17) is 0 Å². The molecule has 0 saturated heterocycles. The fourth-order valence-corrected chi connectivity index (χ4v) is 3.82. The first-order valence-electron chi connectivity index (χ1n) is 9.12. The maximum Gasteiger partial charge on any atom is 0.253 e. The zero-order chi connectivity index (χ0) is 19.5. The van der Waals surface area contributed by atoms with Crippen molar-refractivity contribution in [1.82, 2.24) is 20.3 Å². The van der Waals surface area contributed by atoms with Gasteiger partial charge in [0, 0.05) is 61.0 Å². The smallest absolute Gasteiger partial charge is 0.253 e. The molecule has 0 unspecified atom stereocenters. The molecule has 7 heteroatoms. The molecule has 3 aromatic heterocycles. The lowest BCUT2D eigenvalue weighted by atomic mass is 10.0. The van der Waals surface area contributed by atoms with Crippen molar-refractivity contribution in [2.24, 2.45) is 0 Å². The Labute approximate surface area is 172 Å². The van der Waals surface area contributed by atoms with Gasteiger partial charge in [-0.05, 0) is 57.7 Å². The van der Waals surface area contributed by atoms with Crippen LogP contribution in [0.15, 0.2) is 53.5 Å². The quantitative estimate of drug-likeness (QED) is 0.676. The number of halogens is 1. The predicted octanol–water partition coefficient (Wildman–Crippen LogP) is 3.44. The molecule has 0 atom stereocenters. The zero-order valence-corrected chi connectivity index (χ0v) is 17.1. The summed E-state index contributed by atoms with van der Waals surface area (Å²) in [7, 11) is 0. The third-order valence-electron chi connectivity index (χ3n) is 4.79. The number of carbonyl (C=O) groups excluding carboxylic acids is 1. The van der Waals surface area contributed by atoms with Gasteiger partial charge in [-0.2, -0.15) is 0 Å². The minimum Gasteiger partial charge on any atom is -0.352 e. The highest BCUT2D eigenvalue weighted by molar-refractivity contribution is 9.10. The van der Waals surface area contributed by atoms with E-state index in [9.17, 15) is 4.79 Å². The van der Waals surface area contributed by atoms with E-state index in [1.807, 2.05) is 31.3 Å². The van der Waals surface area contributed by atoms with Gasteiger partial charge in [-0.3, -0.25) is 14.8 Å². The minimum absolute atomic E-state index is 0.143. The number of rotatable bonds is 4. The molecule has 1 aliphatic rings. The standard InChI is InChI=1S/C21H20BrN5O/c1-14-7-17(21(28)26-10-15-8-18(22)12-23-9-15)11-25-20(14)27-6-4-19-16(13-27)3-2-5-24-19/h2-3,5,7-9,11-12H,4,6,10,13H2,1H3,(H,26,28). The van der Waals surface area contributed by atoms with Crippen LogP contribution in [-0.4, -0.2) is 27.4 Å². The fourth-order valence-electron chi connectivity index (χ4n) is 3.41. The number of hydrogen-bond donors (Lipinski definition) is 1. The summed E-state index contributed by atoms with van der Waals surface area (Å²) in [6.45, 7) is 4.08. The van der Waals surface area contributed by atoms with E-state index in [0.29, 0.717) is 12.1 Å². The van der Waals surface area contributed by atoms with Gasteiger partial charge in [-0.15, -0.1) is 0 Å². The average Bonchev–Trinajstić information content (AvgIpc) is 2.71. The molecule has 6 nitrogen and oxygen atoms in total. The molecule has 1 N–H and O–H groups in total. The number of carbonyl (C=O) groups is 1. The van der Waals surface area contributed by atoms with Crippen LogP contribution in [0.5, 0.6) is 0 Å². The summed E-state index contributed by atoms with van der Waals surface area (Å²) in [4.78, 5) is 27.9. The fraction of sp³-hybridized carbons (Fsp3) is 0.238. The van der Waals surface area contributed by atoms with Crippen molar-refractivity contribution in [2.75, 3.05) is 11.4 Å². The summed E-state index contributed by atoms with van der Waals surface area (Å²) in [6.07, 6.45) is 7.85. The molecular formula is C21H20BrN5O. The number of nitrogens with zero attached hydrogens (tertiary/aromatic N) is 4. The second-order valence-electron chi connectivity index (χ2n) is 6.84. The van der Waals surface area contributed by atoms with E-state index in [1.54, 1.807) is 18.6 Å². The van der Waals surface area contributed by atoms with Crippen LogP contribution in [0, 0.1) is 6.92 Å². The van der Waals surface area contributed by atoms with Crippen LogP contribution >= 0.6 is 15.9 Å². The van der Waals surface area contributed by atoms with Gasteiger partial charge >= 0.3 is 0 Å². The molecule has 28 heavy (non-hydrogen) atoms. The van der Waals surface area contributed by atoms with Crippen molar-refractivity contribution in [1.29, 1.82) is 0 Å². The second kappa shape index (κ2) is 8.06. The Morgan fingerprint density at radius 2 is 2.14 bits per heavy atom. The largest absolute Gasteiger partial charge is 0.352 e. The summed E-state index contributed by atoms with van der Waals surface area (Å²) in [5, 5.41) is 2.92. The summed E-state index contributed by atoms with van der Waals surface area (Å²) < 4.78 is 0.888. The minimum atomic E-state index is -0.143. The lowest BCUT2D eigenvalue weighted by Gasteiger charge is -2.30. The molecule has 0 radical (unpaired) electrons. The Hall–Kier alpha value is -2.80. The molecule has 0 fully saturated rings. The highest BCUT2D eigenvalue weighted by Gasteiger charge is 2.20. The normalized spacial score (nSPS) is 13.1. The SMILES string of the molecule is Cc1cc(C(=O)NCc2cncc(Br)c2)cnc1N1CCc2ncccc2C1. The highest BCUT2D eigenvalue weighted by Crippen LogP contribution is 2.24. The van der Waals surface area contributed by atoms with Gasteiger partial charge < -0.3 is 10.2 Å². The van der Waals surface area contributed by atoms with Crippen LogP contribution in [0.4, 0.5) is 5.82 Å². The van der Waals surface area contributed by atoms with E-state index in [-0.39, 0.29) is 5.91 Å². The molecule has 142 valence electrons. The third-order valence-corrected chi connectivity index (χ3v) is 5.22. The molecule has 4 rings (SSSR count). The summed E-state index contributed by atoms with van der Waals surface area (Å²) in [5.74, 6) is 0.776. The zero-order valence-electron chi connectivity index (χ0n) is 15.5. The van der Waals surface area contributed by atoms with E-state index < -0.39 is 0 Å². The molecule has 0 aliphatic carbocycles. The van der Waals surface area contributed by atoms with Gasteiger partial charge in [0.25, 0.3) is 5.91 Å². The van der Waals surface area contributed by atoms with Crippen molar-refractivity contribution >= 4 is 27.7 Å². The van der Waals surface area contributed by atoms with Gasteiger partial charge in [0.2, 0.25) is 0 Å². The molecule has 1 aliphatic heterocycles. The van der Waals surface area contributed by atoms with E-state index in [2.05, 4.69) is 47.2 Å². The number of anilines is 1. The predicted molar refractivity (Wildman–Crippen MR) is 111 cm³/mol. The second-order valence-corrected chi connectivity index (χ2v) is 7.76. The highest BCUT2D eigenvalue weighted by atomic mass is 79.9. The van der Waals surface area contributed by atoms with Gasteiger partial charge in [0.1, 0.15) is 5.82 Å². The maximum atomic E-state index is 12.5. The summed E-state index contributed by atoms with van der Waals surface area (Å²) in [6, 6.07) is 7.91. The van der Waals surface area contributed by atoms with Crippen molar-refractivity contribution < 1.29 is 4.79 Å². The number of amides is 1. The number of fused-ring (bicyclic) bond motifs is 1. The van der Waals surface area contributed by atoms with E-state index in [0.717, 1.165) is 46.6 Å². The van der Waals surface area contributed by atoms with Crippen molar-refractivity contribution in [3.05, 3.63) is 81.5 Å². The molecule has 3 aromatic rings.